The molecule has 0 bridgehead atoms. The van der Waals surface area contributed by atoms with Crippen molar-refractivity contribution >= 4 is 5.69 Å². The highest BCUT2D eigenvalue weighted by molar-refractivity contribution is 5.20. The summed E-state index contributed by atoms with van der Waals surface area (Å²) in [6, 6.07) is 0. The van der Waals surface area contributed by atoms with E-state index < -0.39 is 21.9 Å². The van der Waals surface area contributed by atoms with Gasteiger partial charge in [-0.25, -0.2) is 4.79 Å². The van der Waals surface area contributed by atoms with E-state index >= 15 is 0 Å². The van der Waals surface area contributed by atoms with Crippen LogP contribution in [0.2, 0.25) is 0 Å². The van der Waals surface area contributed by atoms with Crippen molar-refractivity contribution in [3.63, 3.8) is 0 Å². The van der Waals surface area contributed by atoms with Crippen molar-refractivity contribution in [2.24, 2.45) is 5.92 Å². The van der Waals surface area contributed by atoms with Crippen molar-refractivity contribution in [1.82, 2.24) is 14.9 Å². The molecule has 0 amide bonds. The van der Waals surface area contributed by atoms with Crippen molar-refractivity contribution in [3.05, 3.63) is 37.1 Å². The number of aromatic nitrogens is 2. The van der Waals surface area contributed by atoms with Crippen LogP contribution in [0.1, 0.15) is 27.7 Å². The molecule has 0 fully saturated rings. The third-order valence-corrected chi connectivity index (χ3v) is 2.68. The van der Waals surface area contributed by atoms with Gasteiger partial charge in [-0.2, -0.15) is 0 Å². The zero-order valence-corrected chi connectivity index (χ0v) is 12.1. The van der Waals surface area contributed by atoms with Gasteiger partial charge in [0.15, 0.2) is 0 Å². The average Bonchev–Trinajstić information content (AvgIpc) is 2.28. The maximum absolute atomic E-state index is 11.6. The number of nitrogens with one attached hydrogen (secondary N) is 2. The van der Waals surface area contributed by atoms with Crippen molar-refractivity contribution < 1.29 is 4.92 Å². The topological polar surface area (TPSA) is 110 Å². The molecule has 8 nitrogen and oxygen atoms in total. The Bertz CT molecular complexity index is 597. The molecule has 1 aromatic heterocycles. The summed E-state index contributed by atoms with van der Waals surface area (Å²) >= 11 is 0. The number of nitro groups is 1. The molecule has 1 aromatic rings. The largest absolute Gasteiger partial charge is 0.350 e. The molecule has 0 aliphatic carbocycles. The van der Waals surface area contributed by atoms with Gasteiger partial charge in [-0.3, -0.25) is 24.5 Å². The molecule has 1 atom stereocenters. The summed E-state index contributed by atoms with van der Waals surface area (Å²) in [4.78, 5) is 34.7. The van der Waals surface area contributed by atoms with Gasteiger partial charge in [0.2, 0.25) is 0 Å². The molecule has 0 radical (unpaired) electrons. The predicted octanol–water partition coefficient (Wildman–Crippen LogP) is 0.469. The van der Waals surface area contributed by atoms with E-state index in [0.717, 1.165) is 10.8 Å². The third kappa shape index (κ3) is 4.61. The van der Waals surface area contributed by atoms with E-state index in [9.17, 15) is 19.7 Å². The van der Waals surface area contributed by atoms with Crippen LogP contribution in [0.15, 0.2) is 15.8 Å². The molecule has 112 valence electrons. The number of rotatable bonds is 5. The Morgan fingerprint density at radius 3 is 2.55 bits per heavy atom. The first-order chi connectivity index (χ1) is 9.10. The zero-order chi connectivity index (χ0) is 15.5. The van der Waals surface area contributed by atoms with Crippen LogP contribution in [-0.4, -0.2) is 26.6 Å². The number of H-pyrrole nitrogens is 1. The van der Waals surface area contributed by atoms with E-state index in [0.29, 0.717) is 13.1 Å². The van der Waals surface area contributed by atoms with Crippen LogP contribution >= 0.6 is 0 Å². The standard InChI is InChI=1S/C12H20N4O4/c1-8(5-13-12(2,3)4)6-15-7-9(16(19)20)10(17)14-11(15)18/h7-8,13H,5-6H2,1-4H3,(H,14,17,18). The first-order valence-corrected chi connectivity index (χ1v) is 6.33. The molecule has 0 aliphatic rings. The molecule has 2 N–H and O–H groups in total. The minimum atomic E-state index is -0.975. The zero-order valence-electron chi connectivity index (χ0n) is 12.1. The Morgan fingerprint density at radius 2 is 2.05 bits per heavy atom. The lowest BCUT2D eigenvalue weighted by Gasteiger charge is -2.23. The van der Waals surface area contributed by atoms with Gasteiger partial charge < -0.3 is 5.32 Å². The van der Waals surface area contributed by atoms with Gasteiger partial charge in [0.05, 0.1) is 11.1 Å². The molecular formula is C12H20N4O4. The normalized spacial score (nSPS) is 13.2. The van der Waals surface area contributed by atoms with Gasteiger partial charge in [0, 0.05) is 12.1 Å². The van der Waals surface area contributed by atoms with Crippen molar-refractivity contribution in [2.75, 3.05) is 6.54 Å². The van der Waals surface area contributed by atoms with Gasteiger partial charge in [-0.15, -0.1) is 0 Å². The Kier molecular flexibility index (Phi) is 4.83. The Hall–Kier alpha value is -1.96. The van der Waals surface area contributed by atoms with E-state index in [1.807, 2.05) is 32.7 Å². The van der Waals surface area contributed by atoms with Crippen LogP contribution in [0.3, 0.4) is 0 Å². The monoisotopic (exact) mass is 284 g/mol. The molecule has 0 saturated carbocycles. The van der Waals surface area contributed by atoms with E-state index in [2.05, 4.69) is 5.32 Å². The maximum atomic E-state index is 11.6. The van der Waals surface area contributed by atoms with Crippen molar-refractivity contribution in [2.45, 2.75) is 39.8 Å². The SMILES string of the molecule is CC(CNC(C)(C)C)Cn1cc([N+](=O)[O-])c(=O)[nH]c1=O. The fraction of sp³-hybridized carbons (Fsp3) is 0.667. The van der Waals surface area contributed by atoms with E-state index in [4.69, 9.17) is 0 Å². The molecule has 1 heterocycles. The van der Waals surface area contributed by atoms with E-state index in [1.165, 1.54) is 0 Å². The highest BCUT2D eigenvalue weighted by Crippen LogP contribution is 2.05. The van der Waals surface area contributed by atoms with Crippen LogP contribution in [0, 0.1) is 16.0 Å². The number of hydrogen-bond acceptors (Lipinski definition) is 5. The van der Waals surface area contributed by atoms with Crippen LogP contribution in [0.5, 0.6) is 0 Å². The summed E-state index contributed by atoms with van der Waals surface area (Å²) in [6.07, 6.45) is 0.995. The van der Waals surface area contributed by atoms with Gasteiger partial charge in [0.1, 0.15) is 0 Å². The van der Waals surface area contributed by atoms with Crippen LogP contribution in [0.4, 0.5) is 5.69 Å². The van der Waals surface area contributed by atoms with Crippen LogP contribution in [-0.2, 0) is 6.54 Å². The molecule has 0 aliphatic heterocycles. The minimum absolute atomic E-state index is 0.0454. The van der Waals surface area contributed by atoms with Crippen molar-refractivity contribution in [1.29, 1.82) is 0 Å². The second kappa shape index (κ2) is 6.00. The Morgan fingerprint density at radius 1 is 1.45 bits per heavy atom. The summed E-state index contributed by atoms with van der Waals surface area (Å²) in [7, 11) is 0. The molecule has 0 spiro atoms. The van der Waals surface area contributed by atoms with Gasteiger partial charge in [-0.05, 0) is 33.2 Å². The molecule has 1 unspecified atom stereocenters. The lowest BCUT2D eigenvalue weighted by Crippen LogP contribution is -2.40. The first-order valence-electron chi connectivity index (χ1n) is 6.33. The van der Waals surface area contributed by atoms with Crippen LogP contribution in [0.25, 0.3) is 0 Å². The Balaban J connectivity index is 2.87. The number of hydrogen-bond donors (Lipinski definition) is 2. The fourth-order valence-corrected chi connectivity index (χ4v) is 1.64. The van der Waals surface area contributed by atoms with Crippen molar-refractivity contribution in [3.8, 4) is 0 Å². The smallest absolute Gasteiger partial charge is 0.312 e. The van der Waals surface area contributed by atoms with E-state index in [-0.39, 0.29) is 11.5 Å². The average molecular weight is 284 g/mol. The van der Waals surface area contributed by atoms with Gasteiger partial charge in [0.25, 0.3) is 0 Å². The molecule has 0 saturated heterocycles. The molecule has 1 rings (SSSR count). The molecule has 8 heteroatoms. The Labute approximate surface area is 116 Å². The molecule has 0 aromatic carbocycles. The highest BCUT2D eigenvalue weighted by Gasteiger charge is 2.17. The number of aromatic amines is 1. The quantitative estimate of drug-likeness (QED) is 0.603. The van der Waals surface area contributed by atoms with Crippen LogP contribution < -0.4 is 16.6 Å². The first kappa shape index (κ1) is 16.1. The fourth-order valence-electron chi connectivity index (χ4n) is 1.64. The van der Waals surface area contributed by atoms with Gasteiger partial charge >= 0.3 is 16.9 Å². The summed E-state index contributed by atoms with van der Waals surface area (Å²) in [6.45, 7) is 8.94. The summed E-state index contributed by atoms with van der Waals surface area (Å²) in [5.41, 5.74) is -2.28. The molecular weight excluding hydrogens is 264 g/mol. The molecule has 20 heavy (non-hydrogen) atoms. The summed E-state index contributed by atoms with van der Waals surface area (Å²) in [5.74, 6) is 0.0810. The lowest BCUT2D eigenvalue weighted by atomic mass is 10.1. The minimum Gasteiger partial charge on any atom is -0.312 e. The van der Waals surface area contributed by atoms with E-state index in [1.54, 1.807) is 0 Å². The lowest BCUT2D eigenvalue weighted by molar-refractivity contribution is -0.386. The third-order valence-electron chi connectivity index (χ3n) is 2.68. The predicted molar refractivity (Wildman–Crippen MR) is 74.9 cm³/mol. The maximum Gasteiger partial charge on any atom is 0.350 e. The highest BCUT2D eigenvalue weighted by atomic mass is 16.6. The second-order valence-corrected chi connectivity index (χ2v) is 5.92. The van der Waals surface area contributed by atoms with Gasteiger partial charge in [-0.1, -0.05) is 6.92 Å². The second-order valence-electron chi connectivity index (χ2n) is 5.92. The summed E-state index contributed by atoms with van der Waals surface area (Å²) < 4.78 is 1.16. The summed E-state index contributed by atoms with van der Waals surface area (Å²) in [5, 5.41) is 14.0. The number of nitrogens with zero attached hydrogens (tertiary/aromatic N) is 2.